The SMILES string of the molecule is C.NC1CCCCC1(F)F. The molecule has 1 saturated carbocycles. The number of rotatable bonds is 0. The molecule has 62 valence electrons. The molecule has 0 aliphatic heterocycles. The van der Waals surface area contributed by atoms with Gasteiger partial charge in [-0.15, -0.1) is 0 Å². The monoisotopic (exact) mass is 151 g/mol. The molecular formula is C7H15F2N. The molecule has 2 N–H and O–H groups in total. The van der Waals surface area contributed by atoms with Gasteiger partial charge in [0.05, 0.1) is 6.04 Å². The molecule has 1 unspecified atom stereocenters. The smallest absolute Gasteiger partial charge is 0.262 e. The Balaban J connectivity index is 0.000000810. The minimum Gasteiger partial charge on any atom is -0.323 e. The van der Waals surface area contributed by atoms with Gasteiger partial charge in [0.1, 0.15) is 0 Å². The van der Waals surface area contributed by atoms with Crippen molar-refractivity contribution in [3.05, 3.63) is 0 Å². The predicted octanol–water partition coefficient (Wildman–Crippen LogP) is 2.16. The summed E-state index contributed by atoms with van der Waals surface area (Å²) in [6.07, 6.45) is 1.94. The number of halogens is 2. The molecule has 1 nitrogen and oxygen atoms in total. The van der Waals surface area contributed by atoms with Crippen LogP contribution in [-0.2, 0) is 0 Å². The third-order valence-electron chi connectivity index (χ3n) is 1.82. The lowest BCUT2D eigenvalue weighted by Gasteiger charge is -2.27. The Hall–Kier alpha value is -0.180. The highest BCUT2D eigenvalue weighted by Crippen LogP contribution is 2.31. The maximum Gasteiger partial charge on any atom is 0.262 e. The van der Waals surface area contributed by atoms with Gasteiger partial charge in [-0.1, -0.05) is 13.8 Å². The van der Waals surface area contributed by atoms with E-state index in [4.69, 9.17) is 5.73 Å². The van der Waals surface area contributed by atoms with Gasteiger partial charge in [-0.3, -0.25) is 0 Å². The summed E-state index contributed by atoms with van der Waals surface area (Å²) < 4.78 is 24.9. The summed E-state index contributed by atoms with van der Waals surface area (Å²) in [5, 5.41) is 0. The van der Waals surface area contributed by atoms with E-state index in [1.807, 2.05) is 0 Å². The Morgan fingerprint density at radius 1 is 1.30 bits per heavy atom. The second kappa shape index (κ2) is 3.28. The van der Waals surface area contributed by atoms with Crippen LogP contribution in [0.25, 0.3) is 0 Å². The van der Waals surface area contributed by atoms with E-state index in [-0.39, 0.29) is 13.8 Å². The Bertz CT molecular complexity index is 104. The molecule has 0 aromatic heterocycles. The second-order valence-electron chi connectivity index (χ2n) is 2.61. The third-order valence-corrected chi connectivity index (χ3v) is 1.82. The number of alkyl halides is 2. The van der Waals surface area contributed by atoms with Gasteiger partial charge >= 0.3 is 0 Å². The average Bonchev–Trinajstić information content (AvgIpc) is 1.77. The van der Waals surface area contributed by atoms with Crippen molar-refractivity contribution in [3.63, 3.8) is 0 Å². The molecule has 0 aromatic rings. The van der Waals surface area contributed by atoms with Crippen molar-refractivity contribution in [2.75, 3.05) is 0 Å². The molecule has 0 heterocycles. The van der Waals surface area contributed by atoms with Crippen LogP contribution < -0.4 is 5.73 Å². The lowest BCUT2D eigenvalue weighted by Crippen LogP contribution is -2.43. The van der Waals surface area contributed by atoms with Crippen LogP contribution in [0.4, 0.5) is 8.78 Å². The Morgan fingerprint density at radius 3 is 2.20 bits per heavy atom. The summed E-state index contributed by atoms with van der Waals surface area (Å²) in [5.74, 6) is -2.59. The van der Waals surface area contributed by atoms with E-state index in [2.05, 4.69) is 0 Å². The summed E-state index contributed by atoms with van der Waals surface area (Å²) in [6, 6.07) is -0.883. The fourth-order valence-corrected chi connectivity index (χ4v) is 1.12. The van der Waals surface area contributed by atoms with Crippen molar-refractivity contribution in [2.24, 2.45) is 5.73 Å². The van der Waals surface area contributed by atoms with Crippen molar-refractivity contribution in [2.45, 2.75) is 45.1 Å². The van der Waals surface area contributed by atoms with E-state index < -0.39 is 12.0 Å². The van der Waals surface area contributed by atoms with E-state index in [1.165, 1.54) is 0 Å². The van der Waals surface area contributed by atoms with Crippen molar-refractivity contribution in [1.29, 1.82) is 0 Å². The highest BCUT2D eigenvalue weighted by molar-refractivity contribution is 4.84. The predicted molar refractivity (Wildman–Crippen MR) is 38.1 cm³/mol. The highest BCUT2D eigenvalue weighted by Gasteiger charge is 2.38. The van der Waals surface area contributed by atoms with Gasteiger partial charge in [-0.2, -0.15) is 0 Å². The highest BCUT2D eigenvalue weighted by atomic mass is 19.3. The fraction of sp³-hybridized carbons (Fsp3) is 1.00. The Kier molecular flexibility index (Phi) is 3.22. The first-order valence-electron chi connectivity index (χ1n) is 3.26. The molecule has 1 atom stereocenters. The topological polar surface area (TPSA) is 26.0 Å². The molecule has 10 heavy (non-hydrogen) atoms. The molecule has 1 aliphatic rings. The summed E-state index contributed by atoms with van der Waals surface area (Å²) in [6.45, 7) is 0. The lowest BCUT2D eigenvalue weighted by molar-refractivity contribution is -0.0514. The molecule has 1 rings (SSSR count). The van der Waals surface area contributed by atoms with Crippen LogP contribution in [0.3, 0.4) is 0 Å². The molecule has 3 heteroatoms. The van der Waals surface area contributed by atoms with Crippen molar-refractivity contribution < 1.29 is 8.78 Å². The van der Waals surface area contributed by atoms with E-state index in [0.29, 0.717) is 12.8 Å². The van der Waals surface area contributed by atoms with E-state index >= 15 is 0 Å². The van der Waals surface area contributed by atoms with Gasteiger partial charge in [0.15, 0.2) is 0 Å². The normalized spacial score (nSPS) is 30.9. The average molecular weight is 151 g/mol. The van der Waals surface area contributed by atoms with Crippen LogP contribution >= 0.6 is 0 Å². The van der Waals surface area contributed by atoms with Crippen molar-refractivity contribution in [1.82, 2.24) is 0 Å². The first kappa shape index (κ1) is 9.82. The third kappa shape index (κ3) is 1.90. The minimum absolute atomic E-state index is 0. The zero-order chi connectivity index (χ0) is 6.91. The second-order valence-corrected chi connectivity index (χ2v) is 2.61. The number of hydrogen-bond donors (Lipinski definition) is 1. The molecule has 0 radical (unpaired) electrons. The van der Waals surface area contributed by atoms with E-state index in [9.17, 15) is 8.78 Å². The van der Waals surface area contributed by atoms with E-state index in [1.54, 1.807) is 0 Å². The van der Waals surface area contributed by atoms with Crippen LogP contribution in [0.5, 0.6) is 0 Å². The van der Waals surface area contributed by atoms with Gasteiger partial charge < -0.3 is 5.73 Å². The maximum atomic E-state index is 12.5. The zero-order valence-electron chi connectivity index (χ0n) is 5.24. The van der Waals surface area contributed by atoms with E-state index in [0.717, 1.165) is 6.42 Å². The maximum absolute atomic E-state index is 12.5. The Labute approximate surface area is 60.6 Å². The van der Waals surface area contributed by atoms with Crippen molar-refractivity contribution in [3.8, 4) is 0 Å². The minimum atomic E-state index is -2.59. The molecule has 0 saturated heterocycles. The summed E-state index contributed by atoms with van der Waals surface area (Å²) in [4.78, 5) is 0. The lowest BCUT2D eigenvalue weighted by atomic mass is 9.92. The summed E-state index contributed by atoms with van der Waals surface area (Å²) in [7, 11) is 0. The van der Waals surface area contributed by atoms with Crippen LogP contribution in [0.2, 0.25) is 0 Å². The van der Waals surface area contributed by atoms with Gasteiger partial charge in [-0.05, 0) is 12.8 Å². The standard InChI is InChI=1S/C6H11F2N.CH4/c7-6(8)4-2-1-3-5(6)9;/h5H,1-4,9H2;1H4. The van der Waals surface area contributed by atoms with Gasteiger partial charge in [0.25, 0.3) is 5.92 Å². The van der Waals surface area contributed by atoms with Crippen LogP contribution in [0, 0.1) is 0 Å². The van der Waals surface area contributed by atoms with Crippen LogP contribution in [-0.4, -0.2) is 12.0 Å². The molecule has 0 aromatic carbocycles. The number of nitrogens with two attached hydrogens (primary N) is 1. The summed E-state index contributed by atoms with van der Waals surface area (Å²) >= 11 is 0. The van der Waals surface area contributed by atoms with Gasteiger partial charge in [0, 0.05) is 6.42 Å². The molecule has 0 amide bonds. The van der Waals surface area contributed by atoms with Crippen LogP contribution in [0.15, 0.2) is 0 Å². The fourth-order valence-electron chi connectivity index (χ4n) is 1.12. The zero-order valence-corrected chi connectivity index (χ0v) is 5.24. The Morgan fingerprint density at radius 2 is 1.90 bits per heavy atom. The quantitative estimate of drug-likeness (QED) is 0.564. The van der Waals surface area contributed by atoms with Crippen molar-refractivity contribution >= 4 is 0 Å². The number of hydrogen-bond acceptors (Lipinski definition) is 1. The first-order valence-corrected chi connectivity index (χ1v) is 3.26. The molecule has 0 spiro atoms. The summed E-state index contributed by atoms with van der Waals surface area (Å²) in [5.41, 5.74) is 5.16. The van der Waals surface area contributed by atoms with Gasteiger partial charge in [0.2, 0.25) is 0 Å². The molecule has 0 bridgehead atoms. The van der Waals surface area contributed by atoms with Crippen LogP contribution in [0.1, 0.15) is 33.1 Å². The first-order chi connectivity index (χ1) is 4.13. The molecular weight excluding hydrogens is 136 g/mol. The largest absolute Gasteiger partial charge is 0.323 e. The molecule has 1 fully saturated rings. The molecule has 1 aliphatic carbocycles. The van der Waals surface area contributed by atoms with Gasteiger partial charge in [-0.25, -0.2) is 8.78 Å².